The Balaban J connectivity index is 2.30. The van der Waals surface area contributed by atoms with Crippen molar-refractivity contribution in [3.8, 4) is 0 Å². The highest BCUT2D eigenvalue weighted by molar-refractivity contribution is 6.01. The highest BCUT2D eigenvalue weighted by Crippen LogP contribution is 2.38. The van der Waals surface area contributed by atoms with E-state index in [1.54, 1.807) is 13.8 Å². The highest BCUT2D eigenvalue weighted by Gasteiger charge is 2.48. The molecule has 1 N–H and O–H groups in total. The molecule has 1 saturated heterocycles. The summed E-state index contributed by atoms with van der Waals surface area (Å²) < 4.78 is 0. The molecule has 3 nitrogen and oxygen atoms in total. The van der Waals surface area contributed by atoms with Crippen LogP contribution in [0.25, 0.3) is 0 Å². The number of fused-ring (bicyclic) bond motifs is 1. The Kier molecular flexibility index (Phi) is 1.72. The molecule has 1 unspecified atom stereocenters. The highest BCUT2D eigenvalue weighted by atomic mass is 16.2. The van der Waals surface area contributed by atoms with Gasteiger partial charge in [-0.25, -0.2) is 0 Å². The molecule has 1 saturated carbocycles. The first-order valence-corrected chi connectivity index (χ1v) is 4.89. The van der Waals surface area contributed by atoms with E-state index in [4.69, 9.17) is 0 Å². The second kappa shape index (κ2) is 2.56. The molecule has 1 aliphatic heterocycles. The Bertz CT molecular complexity index is 270. The van der Waals surface area contributed by atoms with E-state index >= 15 is 0 Å². The molecule has 2 fully saturated rings. The Morgan fingerprint density at radius 2 is 1.85 bits per heavy atom. The molecule has 0 aromatic heterocycles. The summed E-state index contributed by atoms with van der Waals surface area (Å²) in [6, 6.07) is 0. The lowest BCUT2D eigenvalue weighted by Gasteiger charge is -2.36. The van der Waals surface area contributed by atoms with E-state index in [2.05, 4.69) is 5.32 Å². The molecule has 72 valence electrons. The number of piperidine rings is 1. The lowest BCUT2D eigenvalue weighted by Crippen LogP contribution is -2.59. The maximum absolute atomic E-state index is 11.9. The van der Waals surface area contributed by atoms with E-state index in [1.165, 1.54) is 0 Å². The predicted molar refractivity (Wildman–Crippen MR) is 48.1 cm³/mol. The molecular formula is C10H15NO2. The van der Waals surface area contributed by atoms with Crippen LogP contribution in [0.3, 0.4) is 0 Å². The monoisotopic (exact) mass is 181 g/mol. The van der Waals surface area contributed by atoms with Crippen LogP contribution >= 0.6 is 0 Å². The van der Waals surface area contributed by atoms with E-state index in [0.717, 1.165) is 19.3 Å². The first kappa shape index (κ1) is 8.73. The van der Waals surface area contributed by atoms with Gasteiger partial charge in [-0.05, 0) is 26.7 Å². The normalized spacial score (nSPS) is 37.1. The molecule has 0 aromatic rings. The SMILES string of the molecule is CC1(C)NC(=O)[C@@H]2CCCC2C1=O. The maximum atomic E-state index is 11.9. The first-order chi connectivity index (χ1) is 6.02. The molecule has 0 spiro atoms. The van der Waals surface area contributed by atoms with Crippen molar-refractivity contribution in [3.63, 3.8) is 0 Å². The summed E-state index contributed by atoms with van der Waals surface area (Å²) in [5.74, 6) is 0.269. The lowest BCUT2D eigenvalue weighted by atomic mass is 9.78. The number of carbonyl (C=O) groups excluding carboxylic acids is 2. The lowest BCUT2D eigenvalue weighted by molar-refractivity contribution is -0.144. The molecular weight excluding hydrogens is 166 g/mol. The van der Waals surface area contributed by atoms with Gasteiger partial charge in [0.05, 0.1) is 5.54 Å². The van der Waals surface area contributed by atoms with Crippen LogP contribution in [-0.4, -0.2) is 17.2 Å². The number of hydrogen-bond donors (Lipinski definition) is 1. The molecule has 2 atom stereocenters. The zero-order valence-electron chi connectivity index (χ0n) is 8.09. The van der Waals surface area contributed by atoms with E-state index in [-0.39, 0.29) is 23.5 Å². The van der Waals surface area contributed by atoms with Crippen molar-refractivity contribution in [3.05, 3.63) is 0 Å². The van der Waals surface area contributed by atoms with Gasteiger partial charge in [-0.3, -0.25) is 9.59 Å². The van der Waals surface area contributed by atoms with Crippen LogP contribution in [-0.2, 0) is 9.59 Å². The quantitative estimate of drug-likeness (QED) is 0.603. The van der Waals surface area contributed by atoms with Crippen LogP contribution in [0.5, 0.6) is 0 Å². The topological polar surface area (TPSA) is 46.2 Å². The third-order valence-corrected chi connectivity index (χ3v) is 3.24. The van der Waals surface area contributed by atoms with E-state index in [1.807, 2.05) is 0 Å². The van der Waals surface area contributed by atoms with Gasteiger partial charge in [0.2, 0.25) is 5.91 Å². The number of rotatable bonds is 0. The Hall–Kier alpha value is -0.860. The summed E-state index contributed by atoms with van der Waals surface area (Å²) in [6.07, 6.45) is 2.81. The minimum absolute atomic E-state index is 0.00347. The maximum Gasteiger partial charge on any atom is 0.224 e. The van der Waals surface area contributed by atoms with E-state index in [9.17, 15) is 9.59 Å². The molecule has 0 bridgehead atoms. The number of amides is 1. The summed E-state index contributed by atoms with van der Waals surface area (Å²) in [4.78, 5) is 23.4. The van der Waals surface area contributed by atoms with Gasteiger partial charge < -0.3 is 5.32 Å². The summed E-state index contributed by atoms with van der Waals surface area (Å²) >= 11 is 0. The fraction of sp³-hybridized carbons (Fsp3) is 0.800. The fourth-order valence-electron chi connectivity index (χ4n) is 2.51. The zero-order chi connectivity index (χ0) is 9.64. The van der Waals surface area contributed by atoms with Crippen molar-refractivity contribution in [2.24, 2.45) is 11.8 Å². The molecule has 1 heterocycles. The summed E-state index contributed by atoms with van der Waals surface area (Å²) in [5, 5.41) is 2.79. The van der Waals surface area contributed by atoms with Gasteiger partial charge >= 0.3 is 0 Å². The molecule has 1 amide bonds. The van der Waals surface area contributed by atoms with Crippen LogP contribution in [0, 0.1) is 11.8 Å². The molecule has 13 heavy (non-hydrogen) atoms. The van der Waals surface area contributed by atoms with Gasteiger partial charge in [-0.2, -0.15) is 0 Å². The van der Waals surface area contributed by atoms with Crippen LogP contribution < -0.4 is 5.32 Å². The summed E-state index contributed by atoms with van der Waals surface area (Å²) in [5.41, 5.74) is -0.636. The van der Waals surface area contributed by atoms with Crippen molar-refractivity contribution >= 4 is 11.7 Å². The number of carbonyl (C=O) groups is 2. The van der Waals surface area contributed by atoms with Crippen molar-refractivity contribution < 1.29 is 9.59 Å². The first-order valence-electron chi connectivity index (χ1n) is 4.89. The van der Waals surface area contributed by atoms with Crippen LogP contribution in [0.1, 0.15) is 33.1 Å². The number of hydrogen-bond acceptors (Lipinski definition) is 2. The van der Waals surface area contributed by atoms with Gasteiger partial charge in [0.15, 0.2) is 5.78 Å². The third-order valence-electron chi connectivity index (χ3n) is 3.24. The van der Waals surface area contributed by atoms with Gasteiger partial charge in [-0.1, -0.05) is 6.42 Å². The van der Waals surface area contributed by atoms with Crippen molar-refractivity contribution in [2.75, 3.05) is 0 Å². The number of ketones is 1. The third kappa shape index (κ3) is 1.18. The molecule has 0 radical (unpaired) electrons. The standard InChI is InChI=1S/C10H15NO2/c1-10(2)8(12)6-4-3-5-7(6)9(13)11-10/h6-7H,3-5H2,1-2H3,(H,11,13)/t6?,7-/m1/s1. The Labute approximate surface area is 77.9 Å². The second-order valence-electron chi connectivity index (χ2n) is 4.62. The minimum Gasteiger partial charge on any atom is -0.344 e. The van der Waals surface area contributed by atoms with Crippen LogP contribution in [0.2, 0.25) is 0 Å². The fourth-order valence-corrected chi connectivity index (χ4v) is 2.51. The molecule has 2 aliphatic rings. The van der Waals surface area contributed by atoms with Crippen molar-refractivity contribution in [1.82, 2.24) is 5.32 Å². The largest absolute Gasteiger partial charge is 0.344 e. The summed E-state index contributed by atoms with van der Waals surface area (Å²) in [7, 11) is 0. The average molecular weight is 181 g/mol. The molecule has 2 rings (SSSR count). The van der Waals surface area contributed by atoms with Crippen LogP contribution in [0.4, 0.5) is 0 Å². The molecule has 1 aliphatic carbocycles. The van der Waals surface area contributed by atoms with Crippen LogP contribution in [0.15, 0.2) is 0 Å². The van der Waals surface area contributed by atoms with E-state index in [0.29, 0.717) is 0 Å². The number of nitrogens with one attached hydrogen (secondary N) is 1. The summed E-state index contributed by atoms with van der Waals surface area (Å²) in [6.45, 7) is 3.59. The van der Waals surface area contributed by atoms with E-state index < -0.39 is 5.54 Å². The van der Waals surface area contributed by atoms with Crippen molar-refractivity contribution in [2.45, 2.75) is 38.6 Å². The Morgan fingerprint density at radius 1 is 1.23 bits per heavy atom. The second-order valence-corrected chi connectivity index (χ2v) is 4.62. The predicted octanol–water partition coefficient (Wildman–Crippen LogP) is 0.880. The zero-order valence-corrected chi connectivity index (χ0v) is 8.09. The molecule has 0 aromatic carbocycles. The smallest absolute Gasteiger partial charge is 0.224 e. The van der Waals surface area contributed by atoms with Gasteiger partial charge in [0.1, 0.15) is 0 Å². The average Bonchev–Trinajstić information content (AvgIpc) is 2.47. The van der Waals surface area contributed by atoms with Crippen molar-refractivity contribution in [1.29, 1.82) is 0 Å². The minimum atomic E-state index is -0.636. The van der Waals surface area contributed by atoms with Gasteiger partial charge in [0, 0.05) is 11.8 Å². The van der Waals surface area contributed by atoms with Gasteiger partial charge in [-0.15, -0.1) is 0 Å². The van der Waals surface area contributed by atoms with Gasteiger partial charge in [0.25, 0.3) is 0 Å². The Morgan fingerprint density at radius 3 is 2.54 bits per heavy atom. The number of Topliss-reactive ketones (excluding diaryl/α,β-unsaturated/α-hetero) is 1. The molecule has 3 heteroatoms.